The molecule has 6 nitrogen and oxygen atoms in total. The number of nitrogens with one attached hydrogen (secondary N) is 2. The Balaban J connectivity index is 1.78. The van der Waals surface area contributed by atoms with Crippen LogP contribution in [0, 0.1) is 3.57 Å². The van der Waals surface area contributed by atoms with Crippen molar-refractivity contribution in [2.24, 2.45) is 5.73 Å². The van der Waals surface area contributed by atoms with Crippen LogP contribution in [0.5, 0.6) is 0 Å². The lowest BCUT2D eigenvalue weighted by molar-refractivity contribution is 0.0994. The lowest BCUT2D eigenvalue weighted by atomic mass is 10.2. The highest BCUT2D eigenvalue weighted by Gasteiger charge is 2.13. The number of nitrogens with two attached hydrogens (primary N) is 1. The summed E-state index contributed by atoms with van der Waals surface area (Å²) in [4.78, 5) is 30.5. The van der Waals surface area contributed by atoms with E-state index in [4.69, 9.17) is 5.73 Å². The predicted molar refractivity (Wildman–Crippen MR) is 97.5 cm³/mol. The Bertz CT molecular complexity index is 887. The number of anilines is 1. The quantitative estimate of drug-likeness (QED) is 0.546. The van der Waals surface area contributed by atoms with Crippen LogP contribution in [-0.4, -0.2) is 21.8 Å². The van der Waals surface area contributed by atoms with Crippen molar-refractivity contribution in [1.29, 1.82) is 0 Å². The molecule has 2 amide bonds. The number of H-pyrrole nitrogens is 1. The zero-order chi connectivity index (χ0) is 16.4. The molecule has 3 rings (SSSR count). The molecule has 0 aliphatic rings. The SMILES string of the molecule is NC(=O)c1cc(-c2csc(NC(=O)c3ccccc3I)n2)c[nH]1. The van der Waals surface area contributed by atoms with Gasteiger partial charge in [-0.1, -0.05) is 12.1 Å². The van der Waals surface area contributed by atoms with Gasteiger partial charge in [-0.15, -0.1) is 11.3 Å². The highest BCUT2D eigenvalue weighted by Crippen LogP contribution is 2.26. The van der Waals surface area contributed by atoms with E-state index in [0.717, 1.165) is 9.13 Å². The Kier molecular flexibility index (Phi) is 4.44. The summed E-state index contributed by atoms with van der Waals surface area (Å²) in [5.41, 5.74) is 7.53. The molecular formula is C15H11IN4O2S. The van der Waals surface area contributed by atoms with Crippen LogP contribution in [0.15, 0.2) is 41.9 Å². The predicted octanol–water partition coefficient (Wildman–Crippen LogP) is 3.09. The smallest absolute Gasteiger partial charge is 0.265 e. The van der Waals surface area contributed by atoms with Crippen molar-refractivity contribution in [1.82, 2.24) is 9.97 Å². The molecule has 0 aliphatic carbocycles. The number of thiazole rings is 1. The monoisotopic (exact) mass is 438 g/mol. The number of benzene rings is 1. The number of carbonyl (C=O) groups is 2. The molecule has 4 N–H and O–H groups in total. The highest BCUT2D eigenvalue weighted by atomic mass is 127. The number of hydrogen-bond acceptors (Lipinski definition) is 4. The lowest BCUT2D eigenvalue weighted by Crippen LogP contribution is -2.13. The molecule has 0 radical (unpaired) electrons. The van der Waals surface area contributed by atoms with Crippen LogP contribution >= 0.6 is 33.9 Å². The third-order valence-corrected chi connectivity index (χ3v) is 4.79. The van der Waals surface area contributed by atoms with E-state index in [1.165, 1.54) is 11.3 Å². The minimum Gasteiger partial charge on any atom is -0.364 e. The summed E-state index contributed by atoms with van der Waals surface area (Å²) in [6.07, 6.45) is 1.65. The highest BCUT2D eigenvalue weighted by molar-refractivity contribution is 14.1. The van der Waals surface area contributed by atoms with E-state index in [1.54, 1.807) is 23.7 Å². The first kappa shape index (κ1) is 15.7. The molecule has 0 saturated heterocycles. The number of halogens is 1. The van der Waals surface area contributed by atoms with Gasteiger partial charge in [-0.3, -0.25) is 14.9 Å². The van der Waals surface area contributed by atoms with Gasteiger partial charge in [0, 0.05) is 20.7 Å². The molecule has 0 spiro atoms. The van der Waals surface area contributed by atoms with E-state index >= 15 is 0 Å². The van der Waals surface area contributed by atoms with Gasteiger partial charge in [-0.05, 0) is 40.8 Å². The Morgan fingerprint density at radius 1 is 1.30 bits per heavy atom. The second kappa shape index (κ2) is 6.50. The molecule has 116 valence electrons. The van der Waals surface area contributed by atoms with Crippen LogP contribution in [-0.2, 0) is 0 Å². The van der Waals surface area contributed by atoms with E-state index in [-0.39, 0.29) is 5.91 Å². The maximum absolute atomic E-state index is 12.3. The van der Waals surface area contributed by atoms with Gasteiger partial charge >= 0.3 is 0 Å². The summed E-state index contributed by atoms with van der Waals surface area (Å²) in [6.45, 7) is 0. The van der Waals surface area contributed by atoms with Crippen molar-refractivity contribution in [3.63, 3.8) is 0 Å². The van der Waals surface area contributed by atoms with Gasteiger partial charge in [0.1, 0.15) is 5.69 Å². The lowest BCUT2D eigenvalue weighted by Gasteiger charge is -2.03. The van der Waals surface area contributed by atoms with Gasteiger partial charge in [0.2, 0.25) is 0 Å². The molecule has 2 heterocycles. The van der Waals surface area contributed by atoms with Crippen LogP contribution in [0.25, 0.3) is 11.3 Å². The molecule has 0 saturated carbocycles. The molecule has 8 heteroatoms. The molecule has 0 unspecified atom stereocenters. The number of aromatic amines is 1. The minimum atomic E-state index is -0.529. The fourth-order valence-corrected chi connectivity index (χ4v) is 3.31. The molecule has 2 aromatic heterocycles. The van der Waals surface area contributed by atoms with Crippen LogP contribution in [0.3, 0.4) is 0 Å². The average molecular weight is 438 g/mol. The summed E-state index contributed by atoms with van der Waals surface area (Å²) in [5.74, 6) is -0.735. The Morgan fingerprint density at radius 2 is 2.09 bits per heavy atom. The van der Waals surface area contributed by atoms with E-state index in [2.05, 4.69) is 37.9 Å². The maximum Gasteiger partial charge on any atom is 0.265 e. The third-order valence-electron chi connectivity index (χ3n) is 3.09. The second-order valence-electron chi connectivity index (χ2n) is 4.64. The molecule has 0 atom stereocenters. The van der Waals surface area contributed by atoms with Crippen LogP contribution in [0.1, 0.15) is 20.8 Å². The number of carbonyl (C=O) groups excluding carboxylic acids is 2. The largest absolute Gasteiger partial charge is 0.364 e. The van der Waals surface area contributed by atoms with Crippen molar-refractivity contribution in [2.45, 2.75) is 0 Å². The van der Waals surface area contributed by atoms with Crippen molar-refractivity contribution < 1.29 is 9.59 Å². The molecule has 1 aromatic carbocycles. The van der Waals surface area contributed by atoms with Gasteiger partial charge in [-0.2, -0.15) is 0 Å². The van der Waals surface area contributed by atoms with Crippen molar-refractivity contribution in [2.75, 3.05) is 5.32 Å². The van der Waals surface area contributed by atoms with E-state index in [9.17, 15) is 9.59 Å². The number of primary amides is 1. The van der Waals surface area contributed by atoms with E-state index < -0.39 is 5.91 Å². The van der Waals surface area contributed by atoms with Gasteiger partial charge in [0.05, 0.1) is 11.3 Å². The Labute approximate surface area is 149 Å². The number of hydrogen-bond donors (Lipinski definition) is 3. The van der Waals surface area contributed by atoms with Gasteiger partial charge in [0.15, 0.2) is 5.13 Å². The van der Waals surface area contributed by atoms with Gasteiger partial charge < -0.3 is 10.7 Å². The van der Waals surface area contributed by atoms with E-state index in [0.29, 0.717) is 22.1 Å². The number of aromatic nitrogens is 2. The topological polar surface area (TPSA) is 101 Å². The standard InChI is InChI=1S/C15H11IN4O2S/c16-10-4-2-1-3-9(10)14(22)20-15-19-12(7-23-15)8-5-11(13(17)21)18-6-8/h1-7,18H,(H2,17,21)(H,19,20,22). The van der Waals surface area contributed by atoms with Crippen molar-refractivity contribution in [3.8, 4) is 11.3 Å². The number of amides is 2. The first-order chi connectivity index (χ1) is 11.0. The number of nitrogens with zero attached hydrogens (tertiary/aromatic N) is 1. The first-order valence-corrected chi connectivity index (χ1v) is 8.50. The summed E-state index contributed by atoms with van der Waals surface area (Å²) in [7, 11) is 0. The zero-order valence-electron chi connectivity index (χ0n) is 11.7. The summed E-state index contributed by atoms with van der Waals surface area (Å²) < 4.78 is 0.871. The molecule has 3 aromatic rings. The molecule has 0 aliphatic heterocycles. The van der Waals surface area contributed by atoms with Crippen molar-refractivity contribution in [3.05, 3.63) is 56.7 Å². The molecule has 23 heavy (non-hydrogen) atoms. The van der Waals surface area contributed by atoms with Crippen molar-refractivity contribution >= 4 is 50.9 Å². The molecule has 0 fully saturated rings. The third kappa shape index (κ3) is 3.42. The second-order valence-corrected chi connectivity index (χ2v) is 6.66. The van der Waals surface area contributed by atoms with Crippen LogP contribution in [0.2, 0.25) is 0 Å². The summed E-state index contributed by atoms with van der Waals surface area (Å²) >= 11 is 3.43. The normalized spacial score (nSPS) is 10.5. The molecule has 0 bridgehead atoms. The first-order valence-electron chi connectivity index (χ1n) is 6.54. The van der Waals surface area contributed by atoms with E-state index in [1.807, 2.05) is 18.2 Å². The average Bonchev–Trinajstić information content (AvgIpc) is 3.16. The summed E-state index contributed by atoms with van der Waals surface area (Å²) in [5, 5.41) is 5.08. The fourth-order valence-electron chi connectivity index (χ4n) is 1.96. The zero-order valence-corrected chi connectivity index (χ0v) is 14.6. The minimum absolute atomic E-state index is 0.206. The Morgan fingerprint density at radius 3 is 2.78 bits per heavy atom. The van der Waals surface area contributed by atoms with Crippen LogP contribution < -0.4 is 11.1 Å². The molecular weight excluding hydrogens is 427 g/mol. The van der Waals surface area contributed by atoms with Crippen LogP contribution in [0.4, 0.5) is 5.13 Å². The summed E-state index contributed by atoms with van der Waals surface area (Å²) in [6, 6.07) is 8.95. The maximum atomic E-state index is 12.3. The van der Waals surface area contributed by atoms with Gasteiger partial charge in [-0.25, -0.2) is 4.98 Å². The Hall–Kier alpha value is -2.20. The fraction of sp³-hybridized carbons (Fsp3) is 0. The number of rotatable bonds is 4. The van der Waals surface area contributed by atoms with Gasteiger partial charge in [0.25, 0.3) is 11.8 Å².